The fraction of sp³-hybridized carbons (Fsp3) is 0.333. The van der Waals surface area contributed by atoms with Gasteiger partial charge in [-0.1, -0.05) is 6.07 Å². The highest BCUT2D eigenvalue weighted by Gasteiger charge is 2.22. The van der Waals surface area contributed by atoms with E-state index in [-0.39, 0.29) is 0 Å². The minimum Gasteiger partial charge on any atom is -0.224 e. The lowest BCUT2D eigenvalue weighted by Gasteiger charge is -2.14. The van der Waals surface area contributed by atoms with Gasteiger partial charge in [-0.25, -0.2) is 8.42 Å². The summed E-state index contributed by atoms with van der Waals surface area (Å²) in [5, 5.41) is 0. The summed E-state index contributed by atoms with van der Waals surface area (Å²) < 4.78 is 22.9. The van der Waals surface area contributed by atoms with Crippen LogP contribution in [-0.2, 0) is 16.3 Å². The number of rotatable bonds is 0. The van der Waals surface area contributed by atoms with E-state index in [0.29, 0.717) is 10.6 Å². The molecule has 1 aliphatic rings. The molecule has 1 heterocycles. The van der Waals surface area contributed by atoms with Crippen LogP contribution in [0.5, 0.6) is 0 Å². The van der Waals surface area contributed by atoms with Crippen molar-refractivity contribution in [2.24, 2.45) is 0 Å². The van der Waals surface area contributed by atoms with Crippen LogP contribution in [0, 0.1) is 6.07 Å². The maximum absolute atomic E-state index is 11.5. The Morgan fingerprint density at radius 2 is 2.25 bits per heavy atom. The average Bonchev–Trinajstić information content (AvgIpc) is 2.04. The van der Waals surface area contributed by atoms with Crippen molar-refractivity contribution in [3.8, 4) is 0 Å². The quantitative estimate of drug-likeness (QED) is 0.602. The predicted molar refractivity (Wildman–Crippen MR) is 45.7 cm³/mol. The van der Waals surface area contributed by atoms with E-state index in [4.69, 9.17) is 0 Å². The molecule has 1 aromatic carbocycles. The van der Waals surface area contributed by atoms with Crippen LogP contribution in [-0.4, -0.2) is 14.2 Å². The Labute approximate surface area is 72.1 Å². The van der Waals surface area contributed by atoms with Gasteiger partial charge in [0.05, 0.1) is 10.6 Å². The zero-order valence-corrected chi connectivity index (χ0v) is 7.39. The summed E-state index contributed by atoms with van der Waals surface area (Å²) in [5.41, 5.74) is 0.920. The van der Waals surface area contributed by atoms with Gasteiger partial charge in [-0.05, 0) is 36.6 Å². The molecule has 2 rings (SSSR count). The largest absolute Gasteiger partial charge is 0.224 e. The first-order valence-corrected chi connectivity index (χ1v) is 5.57. The summed E-state index contributed by atoms with van der Waals surface area (Å²) in [6.45, 7) is 0. The van der Waals surface area contributed by atoms with Crippen LogP contribution in [0.15, 0.2) is 23.1 Å². The Hall–Kier alpha value is -0.830. The molecule has 0 saturated carbocycles. The third kappa shape index (κ3) is 1.14. The van der Waals surface area contributed by atoms with Gasteiger partial charge >= 0.3 is 0 Å². The van der Waals surface area contributed by atoms with Crippen LogP contribution in [0.3, 0.4) is 0 Å². The zero-order chi connectivity index (χ0) is 8.60. The molecule has 12 heavy (non-hydrogen) atoms. The lowest BCUT2D eigenvalue weighted by Crippen LogP contribution is -2.15. The molecule has 1 radical (unpaired) electrons. The van der Waals surface area contributed by atoms with Gasteiger partial charge in [-0.2, -0.15) is 0 Å². The van der Waals surface area contributed by atoms with Crippen LogP contribution in [0.2, 0.25) is 0 Å². The molecular formula is C9H9O2S. The fourth-order valence-corrected chi connectivity index (χ4v) is 3.09. The molecule has 63 valence electrons. The van der Waals surface area contributed by atoms with Crippen LogP contribution in [0.25, 0.3) is 0 Å². The van der Waals surface area contributed by atoms with Gasteiger partial charge in [0, 0.05) is 0 Å². The topological polar surface area (TPSA) is 34.1 Å². The van der Waals surface area contributed by atoms with Crippen molar-refractivity contribution < 1.29 is 8.42 Å². The summed E-state index contributed by atoms with van der Waals surface area (Å²) in [6, 6.07) is 7.96. The summed E-state index contributed by atoms with van der Waals surface area (Å²) >= 11 is 0. The van der Waals surface area contributed by atoms with Crippen LogP contribution >= 0.6 is 0 Å². The van der Waals surface area contributed by atoms with Gasteiger partial charge in [-0.15, -0.1) is 0 Å². The summed E-state index contributed by atoms with van der Waals surface area (Å²) in [5.74, 6) is 0.296. The Morgan fingerprint density at radius 1 is 1.42 bits per heavy atom. The van der Waals surface area contributed by atoms with E-state index in [2.05, 4.69) is 6.07 Å². The van der Waals surface area contributed by atoms with E-state index in [1.54, 1.807) is 18.2 Å². The van der Waals surface area contributed by atoms with Crippen LogP contribution in [0.4, 0.5) is 0 Å². The van der Waals surface area contributed by atoms with Crippen LogP contribution in [0.1, 0.15) is 12.0 Å². The second kappa shape index (κ2) is 2.59. The van der Waals surface area contributed by atoms with Crippen molar-refractivity contribution in [2.75, 3.05) is 5.75 Å². The molecule has 1 aliphatic heterocycles. The Morgan fingerprint density at radius 3 is 3.00 bits per heavy atom. The maximum Gasteiger partial charge on any atom is 0.178 e. The van der Waals surface area contributed by atoms with Gasteiger partial charge in [0.1, 0.15) is 0 Å². The lowest BCUT2D eigenvalue weighted by atomic mass is 10.1. The molecule has 0 unspecified atom stereocenters. The second-order valence-electron chi connectivity index (χ2n) is 2.96. The number of hydrogen-bond acceptors (Lipinski definition) is 2. The normalized spacial score (nSPS) is 20.0. The van der Waals surface area contributed by atoms with E-state index in [1.807, 2.05) is 0 Å². The number of sulfone groups is 1. The first kappa shape index (κ1) is 7.80. The highest BCUT2D eigenvalue weighted by molar-refractivity contribution is 7.91. The molecular weight excluding hydrogens is 172 g/mol. The molecule has 0 amide bonds. The molecule has 0 spiro atoms. The SMILES string of the molecule is O=S1(=O)CCCc2c[c]ccc21. The Bertz CT molecular complexity index is 393. The molecule has 0 N–H and O–H groups in total. The first-order chi connectivity index (χ1) is 5.70. The molecule has 0 atom stereocenters. The van der Waals surface area contributed by atoms with Crippen LogP contribution < -0.4 is 0 Å². The molecule has 0 aliphatic carbocycles. The minimum absolute atomic E-state index is 0.296. The number of hydrogen-bond donors (Lipinski definition) is 0. The van der Waals surface area contributed by atoms with Gasteiger partial charge < -0.3 is 0 Å². The van der Waals surface area contributed by atoms with E-state index in [9.17, 15) is 8.42 Å². The van der Waals surface area contributed by atoms with E-state index < -0.39 is 9.84 Å². The first-order valence-electron chi connectivity index (χ1n) is 3.92. The monoisotopic (exact) mass is 181 g/mol. The number of aryl methyl sites for hydroxylation is 1. The third-order valence-electron chi connectivity index (χ3n) is 2.10. The molecule has 0 aromatic heterocycles. The smallest absolute Gasteiger partial charge is 0.178 e. The number of benzene rings is 1. The summed E-state index contributed by atoms with van der Waals surface area (Å²) in [4.78, 5) is 0.507. The van der Waals surface area contributed by atoms with Gasteiger partial charge in [0.2, 0.25) is 0 Å². The molecule has 1 aromatic rings. The fourth-order valence-electron chi connectivity index (χ4n) is 1.51. The van der Waals surface area contributed by atoms with Gasteiger partial charge in [0.15, 0.2) is 9.84 Å². The lowest BCUT2D eigenvalue weighted by molar-refractivity contribution is 0.586. The third-order valence-corrected chi connectivity index (χ3v) is 3.99. The van der Waals surface area contributed by atoms with E-state index in [0.717, 1.165) is 18.4 Å². The molecule has 0 saturated heterocycles. The predicted octanol–water partition coefficient (Wildman–Crippen LogP) is 1.21. The Kier molecular flexibility index (Phi) is 1.68. The number of fused-ring (bicyclic) bond motifs is 1. The van der Waals surface area contributed by atoms with Crippen molar-refractivity contribution in [3.05, 3.63) is 29.8 Å². The molecule has 3 heteroatoms. The van der Waals surface area contributed by atoms with Crippen molar-refractivity contribution in [1.29, 1.82) is 0 Å². The highest BCUT2D eigenvalue weighted by Crippen LogP contribution is 2.23. The van der Waals surface area contributed by atoms with Crippen molar-refractivity contribution in [2.45, 2.75) is 17.7 Å². The van der Waals surface area contributed by atoms with Crippen molar-refractivity contribution >= 4 is 9.84 Å². The zero-order valence-electron chi connectivity index (χ0n) is 6.58. The second-order valence-corrected chi connectivity index (χ2v) is 5.03. The standard InChI is InChI=1S/C9H9O2S/c10-12(11)7-3-5-8-4-1-2-6-9(8)12/h2,4,6H,3,5,7H2. The van der Waals surface area contributed by atoms with E-state index in [1.165, 1.54) is 0 Å². The molecule has 2 nitrogen and oxygen atoms in total. The highest BCUT2D eigenvalue weighted by atomic mass is 32.2. The molecule has 0 bridgehead atoms. The van der Waals surface area contributed by atoms with E-state index >= 15 is 0 Å². The Balaban J connectivity index is 2.67. The minimum atomic E-state index is -2.96. The summed E-state index contributed by atoms with van der Waals surface area (Å²) in [7, 11) is -2.96. The van der Waals surface area contributed by atoms with Crippen molar-refractivity contribution in [1.82, 2.24) is 0 Å². The molecule has 0 fully saturated rings. The summed E-state index contributed by atoms with van der Waals surface area (Å²) in [6.07, 6.45) is 1.61. The van der Waals surface area contributed by atoms with Gasteiger partial charge in [-0.3, -0.25) is 0 Å². The van der Waals surface area contributed by atoms with Gasteiger partial charge in [0.25, 0.3) is 0 Å². The maximum atomic E-state index is 11.5. The van der Waals surface area contributed by atoms with Crippen molar-refractivity contribution in [3.63, 3.8) is 0 Å². The average molecular weight is 181 g/mol.